The maximum absolute atomic E-state index is 11.9. The van der Waals surface area contributed by atoms with Gasteiger partial charge in [0.1, 0.15) is 18.6 Å². The molecule has 0 fully saturated rings. The van der Waals surface area contributed by atoms with Crippen LogP contribution in [0.2, 0.25) is 0 Å². The van der Waals surface area contributed by atoms with Crippen LogP contribution in [-0.2, 0) is 9.53 Å². The van der Waals surface area contributed by atoms with Crippen molar-refractivity contribution in [2.45, 2.75) is 33.3 Å². The van der Waals surface area contributed by atoms with Gasteiger partial charge < -0.3 is 9.47 Å². The zero-order valence-electron chi connectivity index (χ0n) is 12.4. The first-order valence-electron chi connectivity index (χ1n) is 6.35. The van der Waals surface area contributed by atoms with E-state index in [4.69, 9.17) is 9.47 Å². The van der Waals surface area contributed by atoms with Crippen LogP contribution in [0.5, 0.6) is 5.75 Å². The van der Waals surface area contributed by atoms with Gasteiger partial charge in [-0.3, -0.25) is 4.79 Å². The molecular formula is C16H20O4. The van der Waals surface area contributed by atoms with Gasteiger partial charge in [0.2, 0.25) is 0 Å². The second kappa shape index (κ2) is 6.37. The summed E-state index contributed by atoms with van der Waals surface area (Å²) in [6.45, 7) is 10.6. The first-order valence-corrected chi connectivity index (χ1v) is 6.35. The molecule has 0 aliphatic carbocycles. The van der Waals surface area contributed by atoms with E-state index in [1.807, 2.05) is 13.8 Å². The van der Waals surface area contributed by atoms with Crippen molar-refractivity contribution in [3.8, 4) is 5.75 Å². The van der Waals surface area contributed by atoms with Gasteiger partial charge in [0.15, 0.2) is 5.60 Å². The predicted octanol–water partition coefficient (Wildman–Crippen LogP) is 3.00. The van der Waals surface area contributed by atoms with E-state index in [0.29, 0.717) is 11.3 Å². The van der Waals surface area contributed by atoms with Crippen molar-refractivity contribution < 1.29 is 19.1 Å². The molecule has 0 bridgehead atoms. The molecule has 0 saturated heterocycles. The summed E-state index contributed by atoms with van der Waals surface area (Å²) >= 11 is 0. The Kier molecular flexibility index (Phi) is 5.08. The molecule has 0 N–H and O–H groups in total. The lowest BCUT2D eigenvalue weighted by Gasteiger charge is -2.26. The van der Waals surface area contributed by atoms with Crippen molar-refractivity contribution in [2.75, 3.05) is 6.61 Å². The lowest BCUT2D eigenvalue weighted by molar-refractivity contribution is -0.158. The minimum atomic E-state index is -1.11. The summed E-state index contributed by atoms with van der Waals surface area (Å²) < 4.78 is 10.8. The van der Waals surface area contributed by atoms with E-state index >= 15 is 0 Å². The lowest BCUT2D eigenvalue weighted by Crippen LogP contribution is -2.40. The third-order valence-corrected chi connectivity index (χ3v) is 2.80. The highest BCUT2D eigenvalue weighted by atomic mass is 16.6. The highest BCUT2D eigenvalue weighted by Gasteiger charge is 2.32. The summed E-state index contributed by atoms with van der Waals surface area (Å²) in [5.41, 5.74) is 1.08. The van der Waals surface area contributed by atoms with Gasteiger partial charge in [0.05, 0.1) is 0 Å². The Bertz CT molecular complexity index is 506. The maximum Gasteiger partial charge on any atom is 0.350 e. The number of carbonyl (C=O) groups is 2. The van der Waals surface area contributed by atoms with Crippen LogP contribution in [-0.4, -0.2) is 24.5 Å². The van der Waals surface area contributed by atoms with Gasteiger partial charge in [-0.25, -0.2) is 4.79 Å². The monoisotopic (exact) mass is 276 g/mol. The van der Waals surface area contributed by atoms with Crippen LogP contribution in [0.25, 0.3) is 0 Å². The molecule has 0 spiro atoms. The van der Waals surface area contributed by atoms with Crippen LogP contribution in [0.3, 0.4) is 0 Å². The Morgan fingerprint density at radius 3 is 2.30 bits per heavy atom. The zero-order chi connectivity index (χ0) is 15.3. The average Bonchev–Trinajstić information content (AvgIpc) is 2.39. The Hall–Kier alpha value is -2.10. The van der Waals surface area contributed by atoms with Crippen LogP contribution < -0.4 is 4.74 Å². The molecule has 0 aromatic heterocycles. The Balaban J connectivity index is 3.00. The van der Waals surface area contributed by atoms with Crippen molar-refractivity contribution >= 4 is 12.3 Å². The molecule has 0 radical (unpaired) electrons. The Labute approximate surface area is 119 Å². The van der Waals surface area contributed by atoms with Crippen molar-refractivity contribution in [2.24, 2.45) is 0 Å². The van der Waals surface area contributed by atoms with Crippen molar-refractivity contribution in [3.05, 3.63) is 41.5 Å². The maximum atomic E-state index is 11.9. The third kappa shape index (κ3) is 3.70. The summed E-state index contributed by atoms with van der Waals surface area (Å²) in [6.07, 6.45) is 2.29. The fraction of sp³-hybridized carbons (Fsp3) is 0.375. The number of aryl methyl sites for hydroxylation is 2. The molecule has 1 aromatic rings. The SMILES string of the molecule is C=CCOC(=O)C(C)(C)Oc1c(C)cc(C=O)cc1C. The van der Waals surface area contributed by atoms with E-state index in [2.05, 4.69) is 6.58 Å². The van der Waals surface area contributed by atoms with Crippen LogP contribution in [0.15, 0.2) is 24.8 Å². The van der Waals surface area contributed by atoms with Gasteiger partial charge >= 0.3 is 5.97 Å². The van der Waals surface area contributed by atoms with Crippen LogP contribution in [0.1, 0.15) is 35.3 Å². The van der Waals surface area contributed by atoms with Crippen molar-refractivity contribution in [1.29, 1.82) is 0 Å². The van der Waals surface area contributed by atoms with Gasteiger partial charge in [-0.1, -0.05) is 12.7 Å². The van der Waals surface area contributed by atoms with E-state index in [1.165, 1.54) is 6.08 Å². The third-order valence-electron chi connectivity index (χ3n) is 2.80. The fourth-order valence-corrected chi connectivity index (χ4v) is 1.82. The van der Waals surface area contributed by atoms with Crippen LogP contribution >= 0.6 is 0 Å². The highest BCUT2D eigenvalue weighted by molar-refractivity contribution is 5.80. The molecule has 0 saturated carbocycles. The van der Waals surface area contributed by atoms with Gasteiger partial charge in [-0.2, -0.15) is 0 Å². The van der Waals surface area contributed by atoms with E-state index in [9.17, 15) is 9.59 Å². The molecule has 4 nitrogen and oxygen atoms in total. The molecule has 0 heterocycles. The minimum absolute atomic E-state index is 0.146. The second-order valence-electron chi connectivity index (χ2n) is 5.10. The van der Waals surface area contributed by atoms with E-state index in [0.717, 1.165) is 17.4 Å². The zero-order valence-corrected chi connectivity index (χ0v) is 12.4. The molecule has 20 heavy (non-hydrogen) atoms. The second-order valence-corrected chi connectivity index (χ2v) is 5.10. The minimum Gasteiger partial charge on any atom is -0.476 e. The van der Waals surface area contributed by atoms with Gasteiger partial charge in [0.25, 0.3) is 0 Å². The summed E-state index contributed by atoms with van der Waals surface area (Å²) in [5, 5.41) is 0. The topological polar surface area (TPSA) is 52.6 Å². The molecule has 4 heteroatoms. The predicted molar refractivity (Wildman–Crippen MR) is 77.2 cm³/mol. The smallest absolute Gasteiger partial charge is 0.350 e. The fourth-order valence-electron chi connectivity index (χ4n) is 1.82. The van der Waals surface area contributed by atoms with E-state index in [1.54, 1.807) is 26.0 Å². The normalized spacial score (nSPS) is 10.8. The number of ether oxygens (including phenoxy) is 2. The summed E-state index contributed by atoms with van der Waals surface area (Å²) in [6, 6.07) is 3.45. The standard InChI is InChI=1S/C16H20O4/c1-6-7-19-15(18)16(4,5)20-14-11(2)8-13(10-17)9-12(14)3/h6,8-10H,1,7H2,2-5H3. The summed E-state index contributed by atoms with van der Waals surface area (Å²) in [4.78, 5) is 22.7. The largest absolute Gasteiger partial charge is 0.476 e. The van der Waals surface area contributed by atoms with Crippen molar-refractivity contribution in [1.82, 2.24) is 0 Å². The highest BCUT2D eigenvalue weighted by Crippen LogP contribution is 2.28. The molecule has 0 amide bonds. The van der Waals surface area contributed by atoms with Crippen LogP contribution in [0, 0.1) is 13.8 Å². The van der Waals surface area contributed by atoms with Gasteiger partial charge in [-0.15, -0.1) is 0 Å². The molecular weight excluding hydrogens is 256 g/mol. The van der Waals surface area contributed by atoms with Gasteiger partial charge in [0, 0.05) is 5.56 Å². The summed E-state index contributed by atoms with van der Waals surface area (Å²) in [7, 11) is 0. The summed E-state index contributed by atoms with van der Waals surface area (Å²) in [5.74, 6) is 0.131. The van der Waals surface area contributed by atoms with E-state index in [-0.39, 0.29) is 6.61 Å². The molecule has 108 valence electrons. The number of aldehydes is 1. The molecule has 0 atom stereocenters. The lowest BCUT2D eigenvalue weighted by atomic mass is 10.0. The van der Waals surface area contributed by atoms with Gasteiger partial charge in [-0.05, 0) is 51.0 Å². The number of rotatable bonds is 6. The quantitative estimate of drug-likeness (QED) is 0.455. The average molecular weight is 276 g/mol. The number of benzene rings is 1. The molecule has 0 unspecified atom stereocenters. The first kappa shape index (κ1) is 16.0. The van der Waals surface area contributed by atoms with Crippen molar-refractivity contribution in [3.63, 3.8) is 0 Å². The number of carbonyl (C=O) groups excluding carboxylic acids is 2. The molecule has 0 aliphatic heterocycles. The Morgan fingerprint density at radius 1 is 1.30 bits per heavy atom. The molecule has 1 aromatic carbocycles. The Morgan fingerprint density at radius 2 is 1.85 bits per heavy atom. The van der Waals surface area contributed by atoms with Crippen LogP contribution in [0.4, 0.5) is 0 Å². The first-order chi connectivity index (χ1) is 9.31. The molecule has 1 rings (SSSR count). The number of hydrogen-bond acceptors (Lipinski definition) is 4. The number of hydrogen-bond donors (Lipinski definition) is 0. The number of esters is 1. The van der Waals surface area contributed by atoms with E-state index < -0.39 is 11.6 Å². The molecule has 0 aliphatic rings.